The molecule has 0 spiro atoms. The minimum atomic E-state index is -0.935. The van der Waals surface area contributed by atoms with E-state index in [1.165, 1.54) is 0 Å². The molecule has 0 amide bonds. The zero-order valence-electron chi connectivity index (χ0n) is 13.3. The van der Waals surface area contributed by atoms with E-state index in [1.54, 1.807) is 48.5 Å². The first-order valence-corrected chi connectivity index (χ1v) is 7.33. The van der Waals surface area contributed by atoms with E-state index in [1.807, 2.05) is 0 Å². The van der Waals surface area contributed by atoms with Gasteiger partial charge in [-0.2, -0.15) is 12.1 Å². The Labute approximate surface area is 155 Å². The van der Waals surface area contributed by atoms with Crippen molar-refractivity contribution in [1.29, 1.82) is 0 Å². The number of carbonyl (C=O) groups is 4. The van der Waals surface area contributed by atoms with Gasteiger partial charge in [-0.1, -0.05) is 5.56 Å². The predicted molar refractivity (Wildman–Crippen MR) is 86.5 cm³/mol. The van der Waals surface area contributed by atoms with Crippen molar-refractivity contribution in [2.75, 3.05) is 0 Å². The molecule has 0 saturated carbocycles. The Morgan fingerprint density at radius 3 is 1.64 bits per heavy atom. The summed E-state index contributed by atoms with van der Waals surface area (Å²) in [5, 5.41) is 16.6. The average molecular weight is 386 g/mol. The van der Waals surface area contributed by atoms with Gasteiger partial charge in [-0.25, -0.2) is 12.1 Å². The minimum Gasteiger partial charge on any atom is -0.718 e. The molecule has 0 aromatic heterocycles. The Morgan fingerprint density at radius 1 is 0.760 bits per heavy atom. The summed E-state index contributed by atoms with van der Waals surface area (Å²) in [5.74, 6) is -2.09. The van der Waals surface area contributed by atoms with E-state index in [4.69, 9.17) is 10.2 Å². The van der Waals surface area contributed by atoms with Crippen LogP contribution in [0.5, 0.6) is 0 Å². The van der Waals surface area contributed by atoms with E-state index in [0.717, 1.165) is 0 Å². The molecule has 0 heterocycles. The molecule has 2 aromatic carbocycles. The normalized spacial score (nSPS) is 9.28. The zero-order valence-corrected chi connectivity index (χ0v) is 14.4. The molecule has 7 heteroatoms. The smallest absolute Gasteiger partial charge is 0.303 e. The van der Waals surface area contributed by atoms with Crippen LogP contribution >= 0.6 is 0 Å². The van der Waals surface area contributed by atoms with Crippen LogP contribution in [0, 0.1) is 0 Å². The van der Waals surface area contributed by atoms with Crippen LogP contribution in [0.2, 0.25) is 0 Å². The number of hydrogen-bond donors (Lipinski definition) is 2. The van der Waals surface area contributed by atoms with Crippen molar-refractivity contribution in [3.8, 4) is 0 Å². The Kier molecular flexibility index (Phi) is 10.8. The van der Waals surface area contributed by atoms with Crippen molar-refractivity contribution in [2.24, 2.45) is 0 Å². The van der Waals surface area contributed by atoms with E-state index >= 15 is 0 Å². The third-order valence-electron chi connectivity index (χ3n) is 3.10. The van der Waals surface area contributed by atoms with Crippen LogP contribution in [-0.4, -0.2) is 33.7 Å². The van der Waals surface area contributed by atoms with Crippen molar-refractivity contribution in [2.45, 2.75) is 25.7 Å². The van der Waals surface area contributed by atoms with Crippen molar-refractivity contribution in [3.05, 3.63) is 59.7 Å². The Morgan fingerprint density at radius 2 is 1.20 bits per heavy atom. The number of rotatable bonds is 8. The van der Waals surface area contributed by atoms with Crippen molar-refractivity contribution < 1.29 is 46.5 Å². The number of hydrogen-bond acceptors (Lipinski definition) is 4. The van der Waals surface area contributed by atoms with E-state index < -0.39 is 11.9 Å². The molecule has 0 saturated heterocycles. The van der Waals surface area contributed by atoms with Crippen LogP contribution in [0.25, 0.3) is 0 Å². The molecule has 2 N–H and O–H groups in total. The van der Waals surface area contributed by atoms with E-state index in [2.05, 4.69) is 0 Å². The number of carboxylic acids is 2. The second-order valence-electron chi connectivity index (χ2n) is 4.98. The molecular formula is C18H18FeO6-6. The summed E-state index contributed by atoms with van der Waals surface area (Å²) in [7, 11) is 0. The van der Waals surface area contributed by atoms with Gasteiger partial charge in [-0.05, 0) is 0 Å². The fraction of sp³-hybridized carbons (Fsp3) is 0.222. The van der Waals surface area contributed by atoms with Gasteiger partial charge in [0.1, 0.15) is 5.78 Å². The quantitative estimate of drug-likeness (QED) is 0.410. The second kappa shape index (κ2) is 11.9. The van der Waals surface area contributed by atoms with Gasteiger partial charge in [0.2, 0.25) is 0 Å². The number of carboxylic acid groups (broad SMARTS) is 2. The molecule has 0 aliphatic carbocycles. The standard InChI is InChI=1S/2C9H9O3.Fe/c2*10-8(5-6-9(11)12)7-3-1-2-4-7;/h2*1-4H,5-6H2,(H,11,12);/q-5;-1;. The molecule has 6 nitrogen and oxygen atoms in total. The second-order valence-corrected chi connectivity index (χ2v) is 4.98. The maximum atomic E-state index is 11.1. The van der Waals surface area contributed by atoms with Gasteiger partial charge in [-0.15, -0.1) is 6.42 Å². The Balaban J connectivity index is 0.000000443. The maximum absolute atomic E-state index is 11.1. The van der Waals surface area contributed by atoms with Gasteiger partial charge in [-0.3, -0.25) is 15.4 Å². The van der Waals surface area contributed by atoms with Gasteiger partial charge in [0, 0.05) is 29.9 Å². The number of Topliss-reactive ketones (excluding diaryl/α,β-unsaturated/α-hetero) is 2. The largest absolute Gasteiger partial charge is 0.718 e. The molecule has 0 aliphatic rings. The van der Waals surface area contributed by atoms with E-state index in [-0.39, 0.29) is 54.3 Å². The van der Waals surface area contributed by atoms with Crippen LogP contribution < -0.4 is 0 Å². The first-order chi connectivity index (χ1) is 11.4. The summed E-state index contributed by atoms with van der Waals surface area (Å²) in [6.07, 6.45) is -0.0211. The molecule has 25 heavy (non-hydrogen) atoms. The van der Waals surface area contributed by atoms with E-state index in [9.17, 15) is 19.2 Å². The van der Waals surface area contributed by atoms with Gasteiger partial charge in [0.05, 0.1) is 6.42 Å². The van der Waals surface area contributed by atoms with Crippen LogP contribution in [0.15, 0.2) is 48.5 Å². The average Bonchev–Trinajstić information content (AvgIpc) is 3.23. The molecule has 0 unspecified atom stereocenters. The number of aliphatic carboxylic acids is 2. The Hall–Kier alpha value is -2.50. The van der Waals surface area contributed by atoms with Crippen LogP contribution in [0.4, 0.5) is 0 Å². The predicted octanol–water partition coefficient (Wildman–Crippen LogP) is 2.90. The van der Waals surface area contributed by atoms with Gasteiger partial charge in [0.25, 0.3) is 0 Å². The fourth-order valence-electron chi connectivity index (χ4n) is 1.85. The molecular weight excluding hydrogens is 368 g/mol. The topological polar surface area (TPSA) is 109 Å². The minimum absolute atomic E-state index is 0. The molecule has 0 atom stereocenters. The van der Waals surface area contributed by atoms with Crippen LogP contribution in [0.1, 0.15) is 46.4 Å². The SMILES string of the molecule is O=C(O)CCC(=O)[c-]1[cH-][cH-][cH-][cH-]1.O=C(O)CCC(=O)[c-]1cccc1.[Fe]. The third-order valence-corrected chi connectivity index (χ3v) is 3.10. The third kappa shape index (κ3) is 9.39. The van der Waals surface area contributed by atoms with E-state index in [0.29, 0.717) is 11.1 Å². The summed E-state index contributed by atoms with van der Waals surface area (Å²) in [4.78, 5) is 42.5. The molecule has 0 aliphatic heterocycles. The maximum Gasteiger partial charge on any atom is 0.303 e. The van der Waals surface area contributed by atoms with Gasteiger partial charge in [0.15, 0.2) is 0 Å². The molecule has 0 radical (unpaired) electrons. The number of ketones is 2. The zero-order chi connectivity index (χ0) is 17.9. The fourth-order valence-corrected chi connectivity index (χ4v) is 1.85. The van der Waals surface area contributed by atoms with Crippen molar-refractivity contribution in [3.63, 3.8) is 0 Å². The summed E-state index contributed by atoms with van der Waals surface area (Å²) >= 11 is 0. The molecule has 2 rings (SSSR count). The monoisotopic (exact) mass is 386 g/mol. The van der Waals surface area contributed by atoms with Crippen molar-refractivity contribution >= 4 is 23.5 Å². The molecule has 0 fully saturated rings. The number of carbonyl (C=O) groups excluding carboxylic acids is 2. The molecule has 0 bridgehead atoms. The summed E-state index contributed by atoms with van der Waals surface area (Å²) in [6, 6.07) is 13.8. The molecule has 2 aromatic rings. The van der Waals surface area contributed by atoms with Crippen LogP contribution in [0.3, 0.4) is 0 Å². The molecule has 140 valence electrons. The van der Waals surface area contributed by atoms with Crippen LogP contribution in [-0.2, 0) is 26.7 Å². The Bertz CT molecular complexity index is 610. The van der Waals surface area contributed by atoms with Crippen molar-refractivity contribution in [1.82, 2.24) is 0 Å². The first kappa shape index (κ1) is 22.5. The summed E-state index contributed by atoms with van der Waals surface area (Å²) in [5.41, 5.74) is 1.19. The summed E-state index contributed by atoms with van der Waals surface area (Å²) in [6.45, 7) is 0. The van der Waals surface area contributed by atoms with Gasteiger partial charge >= 0.3 is 11.9 Å². The van der Waals surface area contributed by atoms with Gasteiger partial charge < -0.3 is 49.6 Å². The summed E-state index contributed by atoms with van der Waals surface area (Å²) < 4.78 is 0. The first-order valence-electron chi connectivity index (χ1n) is 7.33.